The predicted molar refractivity (Wildman–Crippen MR) is 102 cm³/mol. The van der Waals surface area contributed by atoms with Crippen LogP contribution < -0.4 is 5.32 Å². The van der Waals surface area contributed by atoms with Crippen LogP contribution in [0.1, 0.15) is 29.8 Å². The second kappa shape index (κ2) is 7.05. The van der Waals surface area contributed by atoms with Gasteiger partial charge in [0.25, 0.3) is 5.91 Å². The van der Waals surface area contributed by atoms with Gasteiger partial charge >= 0.3 is 0 Å². The minimum atomic E-state index is -0.0885. The minimum absolute atomic E-state index is 0.0885. The molecule has 122 valence electrons. The number of hydrogen-bond donors (Lipinski definition) is 1. The first-order valence-corrected chi connectivity index (χ1v) is 8.85. The third-order valence-corrected chi connectivity index (χ3v) is 4.77. The van der Waals surface area contributed by atoms with Gasteiger partial charge in [0.15, 0.2) is 0 Å². The monoisotopic (exact) mass is 336 g/mol. The average molecular weight is 336 g/mol. The van der Waals surface area contributed by atoms with Crippen molar-refractivity contribution in [3.05, 3.63) is 65.9 Å². The number of hydrogen-bond acceptors (Lipinski definition) is 3. The molecule has 1 amide bonds. The summed E-state index contributed by atoms with van der Waals surface area (Å²) < 4.78 is 0. The van der Waals surface area contributed by atoms with Crippen LogP contribution in [0.4, 0.5) is 5.69 Å². The molecule has 0 atom stereocenters. The topological polar surface area (TPSA) is 42.0 Å². The third-order valence-electron chi connectivity index (χ3n) is 3.71. The molecule has 0 spiro atoms. The summed E-state index contributed by atoms with van der Waals surface area (Å²) in [6, 6.07) is 15.7. The fraction of sp³-hybridized carbons (Fsp3) is 0.200. The Bertz CT molecular complexity index is 884. The molecule has 3 aromatic rings. The van der Waals surface area contributed by atoms with E-state index in [-0.39, 0.29) is 5.91 Å². The van der Waals surface area contributed by atoms with E-state index in [0.717, 1.165) is 32.6 Å². The molecule has 0 aliphatic heterocycles. The van der Waals surface area contributed by atoms with Crippen molar-refractivity contribution in [1.82, 2.24) is 4.98 Å². The van der Waals surface area contributed by atoms with Crippen LogP contribution in [0.25, 0.3) is 10.9 Å². The zero-order valence-electron chi connectivity index (χ0n) is 14.0. The van der Waals surface area contributed by atoms with Crippen LogP contribution in [0, 0.1) is 6.92 Å². The summed E-state index contributed by atoms with van der Waals surface area (Å²) in [6.45, 7) is 6.23. The van der Waals surface area contributed by atoms with Gasteiger partial charge in [-0.05, 0) is 30.7 Å². The number of nitrogens with one attached hydrogen (secondary N) is 1. The maximum atomic E-state index is 12.9. The van der Waals surface area contributed by atoms with Crippen molar-refractivity contribution in [3.8, 4) is 0 Å². The number of amides is 1. The van der Waals surface area contributed by atoms with Crippen LogP contribution in [0.15, 0.2) is 59.6 Å². The first-order chi connectivity index (χ1) is 11.6. The molecule has 1 N–H and O–H groups in total. The number of rotatable bonds is 4. The molecule has 2 aromatic carbocycles. The van der Waals surface area contributed by atoms with Gasteiger partial charge in [-0.1, -0.05) is 44.2 Å². The number of pyridine rings is 1. The summed E-state index contributed by atoms with van der Waals surface area (Å²) in [5.41, 5.74) is 3.26. The van der Waals surface area contributed by atoms with Crippen LogP contribution in [-0.4, -0.2) is 16.1 Å². The zero-order valence-corrected chi connectivity index (χ0v) is 14.9. The average Bonchev–Trinajstić information content (AvgIpc) is 2.54. The Morgan fingerprint density at radius 1 is 1.08 bits per heavy atom. The summed E-state index contributed by atoms with van der Waals surface area (Å²) in [5, 5.41) is 4.47. The number of anilines is 1. The number of aromatic nitrogens is 1. The van der Waals surface area contributed by atoms with E-state index in [1.807, 2.05) is 55.5 Å². The van der Waals surface area contributed by atoms with E-state index < -0.39 is 0 Å². The second-order valence-electron chi connectivity index (χ2n) is 5.95. The quantitative estimate of drug-likeness (QED) is 0.658. The Balaban J connectivity index is 1.98. The van der Waals surface area contributed by atoms with Gasteiger partial charge in [0, 0.05) is 21.7 Å². The number of thioether (sulfide) groups is 1. The molecule has 0 saturated heterocycles. The molecule has 0 bridgehead atoms. The van der Waals surface area contributed by atoms with E-state index >= 15 is 0 Å². The third kappa shape index (κ3) is 3.44. The van der Waals surface area contributed by atoms with E-state index in [2.05, 4.69) is 24.1 Å². The number of nitrogens with zero attached hydrogens (tertiary/aromatic N) is 1. The van der Waals surface area contributed by atoms with Crippen molar-refractivity contribution < 1.29 is 4.79 Å². The smallest absolute Gasteiger partial charge is 0.257 e. The molecule has 0 radical (unpaired) electrons. The van der Waals surface area contributed by atoms with Gasteiger partial charge in [-0.2, -0.15) is 0 Å². The highest BCUT2D eigenvalue weighted by molar-refractivity contribution is 8.00. The summed E-state index contributed by atoms with van der Waals surface area (Å²) >= 11 is 1.71. The van der Waals surface area contributed by atoms with E-state index in [4.69, 9.17) is 0 Å². The van der Waals surface area contributed by atoms with Gasteiger partial charge in [-0.3, -0.25) is 9.78 Å². The summed E-state index contributed by atoms with van der Waals surface area (Å²) in [7, 11) is 0. The molecule has 0 saturated carbocycles. The fourth-order valence-corrected chi connectivity index (χ4v) is 3.71. The molecular weight excluding hydrogens is 316 g/mol. The number of carbonyl (C=O) groups is 1. The number of carbonyl (C=O) groups excluding carboxylic acids is 1. The van der Waals surface area contributed by atoms with Gasteiger partial charge < -0.3 is 5.32 Å². The Labute approximate surface area is 146 Å². The highest BCUT2D eigenvalue weighted by Gasteiger charge is 2.16. The molecule has 24 heavy (non-hydrogen) atoms. The summed E-state index contributed by atoms with van der Waals surface area (Å²) in [4.78, 5) is 18.3. The van der Waals surface area contributed by atoms with Gasteiger partial charge in [0.1, 0.15) is 0 Å². The number of aryl methyl sites for hydroxylation is 1. The number of benzene rings is 2. The Morgan fingerprint density at radius 2 is 1.83 bits per heavy atom. The van der Waals surface area contributed by atoms with E-state index in [1.165, 1.54) is 0 Å². The zero-order chi connectivity index (χ0) is 17.1. The van der Waals surface area contributed by atoms with Crippen LogP contribution in [0.3, 0.4) is 0 Å². The van der Waals surface area contributed by atoms with E-state index in [9.17, 15) is 4.79 Å². The lowest BCUT2D eigenvalue weighted by molar-refractivity contribution is 0.102. The van der Waals surface area contributed by atoms with Crippen molar-refractivity contribution in [2.45, 2.75) is 30.9 Å². The van der Waals surface area contributed by atoms with E-state index in [1.54, 1.807) is 18.0 Å². The Kier molecular flexibility index (Phi) is 4.86. The second-order valence-corrected chi connectivity index (χ2v) is 7.57. The molecule has 1 aromatic heterocycles. The predicted octanol–water partition coefficient (Wildman–Crippen LogP) is 5.30. The minimum Gasteiger partial charge on any atom is -0.320 e. The van der Waals surface area contributed by atoms with Crippen LogP contribution in [0.2, 0.25) is 0 Å². The number of para-hydroxylation sites is 1. The first-order valence-electron chi connectivity index (χ1n) is 7.97. The van der Waals surface area contributed by atoms with Gasteiger partial charge in [-0.15, -0.1) is 11.8 Å². The molecule has 1 heterocycles. The molecule has 0 fully saturated rings. The maximum absolute atomic E-state index is 12.9. The summed E-state index contributed by atoms with van der Waals surface area (Å²) in [5.74, 6) is -0.0885. The molecule has 3 rings (SSSR count). The van der Waals surface area contributed by atoms with Gasteiger partial charge in [-0.25, -0.2) is 0 Å². The molecular formula is C20H20N2OS. The van der Waals surface area contributed by atoms with Crippen molar-refractivity contribution in [2.24, 2.45) is 0 Å². The largest absolute Gasteiger partial charge is 0.320 e. The summed E-state index contributed by atoms with van der Waals surface area (Å²) in [6.07, 6.45) is 1.74. The van der Waals surface area contributed by atoms with Gasteiger partial charge in [0.2, 0.25) is 0 Å². The Morgan fingerprint density at radius 3 is 2.62 bits per heavy atom. The van der Waals surface area contributed by atoms with Crippen molar-refractivity contribution in [1.29, 1.82) is 0 Å². The van der Waals surface area contributed by atoms with Crippen LogP contribution in [-0.2, 0) is 0 Å². The molecule has 0 aliphatic carbocycles. The van der Waals surface area contributed by atoms with Crippen LogP contribution in [0.5, 0.6) is 0 Å². The molecule has 4 heteroatoms. The SMILES string of the molecule is Cc1cccc(SC(C)C)c1C(=O)Nc1cccc2cccnc12. The van der Waals surface area contributed by atoms with E-state index in [0.29, 0.717) is 5.25 Å². The lowest BCUT2D eigenvalue weighted by Crippen LogP contribution is -2.15. The van der Waals surface area contributed by atoms with Crippen molar-refractivity contribution >= 4 is 34.3 Å². The molecule has 0 aliphatic rings. The highest BCUT2D eigenvalue weighted by atomic mass is 32.2. The normalized spacial score (nSPS) is 11.0. The van der Waals surface area contributed by atoms with Crippen molar-refractivity contribution in [2.75, 3.05) is 5.32 Å². The molecule has 3 nitrogen and oxygen atoms in total. The van der Waals surface area contributed by atoms with Crippen LogP contribution >= 0.6 is 11.8 Å². The Hall–Kier alpha value is -2.33. The fourth-order valence-electron chi connectivity index (χ4n) is 2.67. The van der Waals surface area contributed by atoms with Gasteiger partial charge in [0.05, 0.1) is 16.8 Å². The lowest BCUT2D eigenvalue weighted by Gasteiger charge is -2.14. The standard InChI is InChI=1S/C20H20N2OS/c1-13(2)24-17-11-4-7-14(3)18(17)20(23)22-16-10-5-8-15-9-6-12-21-19(15)16/h4-13H,1-3H3,(H,22,23). The van der Waals surface area contributed by atoms with Crippen molar-refractivity contribution in [3.63, 3.8) is 0 Å². The highest BCUT2D eigenvalue weighted by Crippen LogP contribution is 2.30. The number of fused-ring (bicyclic) bond motifs is 1. The maximum Gasteiger partial charge on any atom is 0.257 e. The lowest BCUT2D eigenvalue weighted by atomic mass is 10.1. The molecule has 0 unspecified atom stereocenters. The first kappa shape index (κ1) is 16.5.